The average molecular weight is 279 g/mol. The van der Waals surface area contributed by atoms with Crippen molar-refractivity contribution in [3.8, 4) is 0 Å². The lowest BCUT2D eigenvalue weighted by molar-refractivity contribution is 0.0572. The predicted molar refractivity (Wildman–Crippen MR) is 76.0 cm³/mol. The van der Waals surface area contributed by atoms with Crippen molar-refractivity contribution in [3.63, 3.8) is 0 Å². The molecule has 0 spiro atoms. The number of aliphatic hydroxyl groups excluding tert-OH is 2. The van der Waals surface area contributed by atoms with Gasteiger partial charge in [0.05, 0.1) is 23.5 Å². The molecule has 1 fully saturated rings. The highest BCUT2D eigenvalue weighted by Crippen LogP contribution is 2.26. The third kappa shape index (κ3) is 2.46. The summed E-state index contributed by atoms with van der Waals surface area (Å²) in [6.07, 6.45) is -0.193. The van der Waals surface area contributed by atoms with Gasteiger partial charge in [-0.1, -0.05) is 13.8 Å². The first kappa shape index (κ1) is 14.7. The van der Waals surface area contributed by atoms with Crippen LogP contribution in [0.25, 0.3) is 0 Å². The van der Waals surface area contributed by atoms with Gasteiger partial charge in [0.25, 0.3) is 0 Å². The van der Waals surface area contributed by atoms with Crippen LogP contribution in [0.3, 0.4) is 0 Å². The Kier molecular flexibility index (Phi) is 4.20. The van der Waals surface area contributed by atoms with E-state index in [2.05, 4.69) is 10.2 Å². The summed E-state index contributed by atoms with van der Waals surface area (Å²) in [6, 6.07) is 0. The number of hydrogen-bond acceptors (Lipinski definition) is 6. The van der Waals surface area contributed by atoms with Crippen LogP contribution < -0.4 is 10.6 Å². The summed E-state index contributed by atoms with van der Waals surface area (Å²) in [4.78, 5) is 1.73. The predicted octanol–water partition coefficient (Wildman–Crippen LogP) is -0.573. The van der Waals surface area contributed by atoms with E-state index in [1.165, 1.54) is 0 Å². The van der Waals surface area contributed by atoms with Gasteiger partial charge in [-0.25, -0.2) is 0 Å². The summed E-state index contributed by atoms with van der Waals surface area (Å²) in [5.41, 5.74) is 8.04. The standard InChI is InChI=1S/C13H21N5O2/c1-3-7-8(4-2)16-17-13(11(7)12(14)15)18-5-9(19)10(20)6-18/h9-10,19-20H,3-6H2,1-2H3,(H3,14,15). The van der Waals surface area contributed by atoms with Crippen LogP contribution in [-0.2, 0) is 12.8 Å². The molecule has 0 bridgehead atoms. The summed E-state index contributed by atoms with van der Waals surface area (Å²) < 4.78 is 0. The third-order valence-corrected chi connectivity index (χ3v) is 3.66. The number of aromatic nitrogens is 2. The highest BCUT2D eigenvalue weighted by atomic mass is 16.3. The number of rotatable bonds is 4. The van der Waals surface area contributed by atoms with Crippen molar-refractivity contribution in [2.75, 3.05) is 18.0 Å². The van der Waals surface area contributed by atoms with Gasteiger partial charge in [-0.15, -0.1) is 5.10 Å². The molecule has 1 saturated heterocycles. The van der Waals surface area contributed by atoms with Gasteiger partial charge in [0.15, 0.2) is 5.82 Å². The largest absolute Gasteiger partial charge is 0.389 e. The highest BCUT2D eigenvalue weighted by molar-refractivity contribution is 6.01. The minimum atomic E-state index is -0.812. The molecular weight excluding hydrogens is 258 g/mol. The van der Waals surface area contributed by atoms with E-state index < -0.39 is 12.2 Å². The van der Waals surface area contributed by atoms with Crippen molar-refractivity contribution in [3.05, 3.63) is 16.8 Å². The van der Waals surface area contributed by atoms with E-state index in [1.807, 2.05) is 13.8 Å². The Morgan fingerprint density at radius 3 is 2.30 bits per heavy atom. The van der Waals surface area contributed by atoms with Gasteiger partial charge in [0.1, 0.15) is 5.84 Å². The second-order valence-electron chi connectivity index (χ2n) is 4.98. The van der Waals surface area contributed by atoms with Crippen LogP contribution in [0.15, 0.2) is 0 Å². The molecule has 7 heteroatoms. The number of anilines is 1. The van der Waals surface area contributed by atoms with E-state index in [-0.39, 0.29) is 18.9 Å². The molecule has 5 N–H and O–H groups in total. The van der Waals surface area contributed by atoms with Crippen LogP contribution in [-0.4, -0.2) is 51.5 Å². The van der Waals surface area contributed by atoms with Crippen molar-refractivity contribution < 1.29 is 10.2 Å². The molecule has 110 valence electrons. The molecule has 2 unspecified atom stereocenters. The number of aliphatic hydroxyl groups is 2. The monoisotopic (exact) mass is 279 g/mol. The Bertz CT molecular complexity index is 510. The molecule has 2 atom stereocenters. The molecule has 2 heterocycles. The fraction of sp³-hybridized carbons (Fsp3) is 0.615. The van der Waals surface area contributed by atoms with Crippen molar-refractivity contribution in [1.82, 2.24) is 10.2 Å². The topological polar surface area (TPSA) is 119 Å². The lowest BCUT2D eigenvalue weighted by atomic mass is 10.0. The number of aryl methyl sites for hydroxylation is 1. The van der Waals surface area contributed by atoms with Gasteiger partial charge in [0.2, 0.25) is 0 Å². The Morgan fingerprint density at radius 2 is 1.85 bits per heavy atom. The van der Waals surface area contributed by atoms with Crippen molar-refractivity contribution in [2.24, 2.45) is 5.73 Å². The van der Waals surface area contributed by atoms with Crippen LogP contribution in [0.4, 0.5) is 5.82 Å². The number of hydrogen-bond donors (Lipinski definition) is 4. The Balaban J connectivity index is 2.51. The second-order valence-corrected chi connectivity index (χ2v) is 4.98. The summed E-state index contributed by atoms with van der Waals surface area (Å²) in [5, 5.41) is 35.5. The van der Waals surface area contributed by atoms with Gasteiger partial charge in [-0.2, -0.15) is 5.10 Å². The molecule has 0 aliphatic carbocycles. The van der Waals surface area contributed by atoms with Gasteiger partial charge >= 0.3 is 0 Å². The zero-order valence-corrected chi connectivity index (χ0v) is 11.8. The SMILES string of the molecule is CCc1nnc(N2CC(O)C(O)C2)c(C(=N)N)c1CC. The van der Waals surface area contributed by atoms with Crippen molar-refractivity contribution in [2.45, 2.75) is 38.9 Å². The van der Waals surface area contributed by atoms with E-state index in [1.54, 1.807) is 4.90 Å². The first-order chi connectivity index (χ1) is 9.49. The summed E-state index contributed by atoms with van der Waals surface area (Å²) in [7, 11) is 0. The zero-order valence-electron chi connectivity index (χ0n) is 11.8. The molecule has 1 aromatic rings. The third-order valence-electron chi connectivity index (χ3n) is 3.66. The molecule has 0 amide bonds. The molecule has 1 aromatic heterocycles. The summed E-state index contributed by atoms with van der Waals surface area (Å²) in [6.45, 7) is 4.51. The van der Waals surface area contributed by atoms with Gasteiger partial charge in [-0.3, -0.25) is 5.41 Å². The number of nitrogens with one attached hydrogen (secondary N) is 1. The Labute approximate surface area is 117 Å². The first-order valence-corrected chi connectivity index (χ1v) is 6.83. The first-order valence-electron chi connectivity index (χ1n) is 6.83. The maximum atomic E-state index is 9.66. The van der Waals surface area contributed by atoms with Gasteiger partial charge < -0.3 is 20.8 Å². The van der Waals surface area contributed by atoms with E-state index in [0.717, 1.165) is 17.7 Å². The van der Waals surface area contributed by atoms with E-state index >= 15 is 0 Å². The van der Waals surface area contributed by atoms with Gasteiger partial charge in [-0.05, 0) is 18.4 Å². The fourth-order valence-electron chi connectivity index (χ4n) is 2.61. The quantitative estimate of drug-likeness (QED) is 0.433. The molecule has 1 aliphatic heterocycles. The lowest BCUT2D eigenvalue weighted by Gasteiger charge is -2.22. The van der Waals surface area contributed by atoms with E-state index in [4.69, 9.17) is 11.1 Å². The molecule has 1 aliphatic rings. The molecule has 2 rings (SSSR count). The Hall–Kier alpha value is -1.73. The molecular formula is C13H21N5O2. The molecule has 0 saturated carbocycles. The minimum Gasteiger partial charge on any atom is -0.389 e. The van der Waals surface area contributed by atoms with Crippen LogP contribution in [0.2, 0.25) is 0 Å². The number of amidine groups is 1. The van der Waals surface area contributed by atoms with Gasteiger partial charge in [0, 0.05) is 13.1 Å². The molecule has 20 heavy (non-hydrogen) atoms. The van der Waals surface area contributed by atoms with Crippen molar-refractivity contribution >= 4 is 11.7 Å². The smallest absolute Gasteiger partial charge is 0.162 e. The normalized spacial score (nSPS) is 22.3. The number of nitrogens with two attached hydrogens (primary N) is 1. The maximum Gasteiger partial charge on any atom is 0.162 e. The summed E-state index contributed by atoms with van der Waals surface area (Å²) >= 11 is 0. The molecule has 0 radical (unpaired) electrons. The lowest BCUT2D eigenvalue weighted by Crippen LogP contribution is -2.28. The van der Waals surface area contributed by atoms with Crippen LogP contribution in [0.5, 0.6) is 0 Å². The minimum absolute atomic E-state index is 0.0580. The van der Waals surface area contributed by atoms with E-state index in [0.29, 0.717) is 17.8 Å². The highest BCUT2D eigenvalue weighted by Gasteiger charge is 2.33. The Morgan fingerprint density at radius 1 is 1.25 bits per heavy atom. The van der Waals surface area contributed by atoms with Crippen molar-refractivity contribution in [1.29, 1.82) is 5.41 Å². The van der Waals surface area contributed by atoms with Crippen LogP contribution in [0, 0.1) is 5.41 Å². The molecule has 0 aromatic carbocycles. The molecule has 7 nitrogen and oxygen atoms in total. The van der Waals surface area contributed by atoms with Crippen LogP contribution in [0.1, 0.15) is 30.7 Å². The zero-order chi connectivity index (χ0) is 14.9. The fourth-order valence-corrected chi connectivity index (χ4v) is 2.61. The maximum absolute atomic E-state index is 9.66. The number of nitrogens with zero attached hydrogens (tertiary/aromatic N) is 3. The average Bonchev–Trinajstić information content (AvgIpc) is 2.76. The summed E-state index contributed by atoms with van der Waals surface area (Å²) in [5.74, 6) is 0.416. The van der Waals surface area contributed by atoms with Crippen LogP contribution >= 0.6 is 0 Å². The number of β-amino-alcohol motifs (C(OH)–C–C–N with tert-alkyl or cyclic N) is 2. The van der Waals surface area contributed by atoms with E-state index in [9.17, 15) is 10.2 Å². The second kappa shape index (κ2) is 5.72. The number of nitrogen functional groups attached to an aromatic ring is 1.